The van der Waals surface area contributed by atoms with E-state index in [4.69, 9.17) is 0 Å². The quantitative estimate of drug-likeness (QED) is 0.682. The van der Waals surface area contributed by atoms with Crippen molar-refractivity contribution in [1.82, 2.24) is 0 Å². The standard InChI is InChI=1S/C19H21NO3/c1-19(2,3)15-9-10-17(21)16(11-15)20-12-13-5-7-14(8-6-13)18(22)23-4/h5-12,21H,1-4H3. The SMILES string of the molecule is COC(=O)c1ccc(C=Nc2cc(C(C)(C)C)ccc2O)cc1. The Labute approximate surface area is 136 Å². The maximum Gasteiger partial charge on any atom is 0.337 e. The maximum absolute atomic E-state index is 11.4. The highest BCUT2D eigenvalue weighted by Gasteiger charge is 2.15. The van der Waals surface area contributed by atoms with Gasteiger partial charge in [-0.2, -0.15) is 0 Å². The first kappa shape index (κ1) is 16.7. The number of hydrogen-bond donors (Lipinski definition) is 1. The van der Waals surface area contributed by atoms with E-state index in [1.165, 1.54) is 7.11 Å². The summed E-state index contributed by atoms with van der Waals surface area (Å²) < 4.78 is 4.66. The van der Waals surface area contributed by atoms with Crippen molar-refractivity contribution < 1.29 is 14.6 Å². The van der Waals surface area contributed by atoms with Gasteiger partial charge < -0.3 is 9.84 Å². The molecule has 0 unspecified atom stereocenters. The lowest BCUT2D eigenvalue weighted by atomic mass is 9.87. The van der Waals surface area contributed by atoms with Crippen LogP contribution < -0.4 is 0 Å². The number of ether oxygens (including phenoxy) is 1. The summed E-state index contributed by atoms with van der Waals surface area (Å²) in [5, 5.41) is 9.95. The molecule has 4 nitrogen and oxygen atoms in total. The Balaban J connectivity index is 2.24. The summed E-state index contributed by atoms with van der Waals surface area (Å²) in [6.45, 7) is 6.33. The second kappa shape index (κ2) is 6.65. The molecule has 0 aliphatic rings. The van der Waals surface area contributed by atoms with Gasteiger partial charge in [-0.25, -0.2) is 4.79 Å². The van der Waals surface area contributed by atoms with E-state index in [0.717, 1.165) is 11.1 Å². The summed E-state index contributed by atoms with van der Waals surface area (Å²) in [6.07, 6.45) is 1.66. The Hall–Kier alpha value is -2.62. The second-order valence-electron chi connectivity index (χ2n) is 6.33. The average molecular weight is 311 g/mol. The van der Waals surface area contributed by atoms with Gasteiger partial charge in [0.2, 0.25) is 0 Å². The van der Waals surface area contributed by atoms with Gasteiger partial charge >= 0.3 is 5.97 Å². The van der Waals surface area contributed by atoms with Crippen LogP contribution in [0.25, 0.3) is 0 Å². The molecule has 0 atom stereocenters. The molecule has 0 aliphatic heterocycles. The number of methoxy groups -OCH3 is 1. The molecule has 120 valence electrons. The summed E-state index contributed by atoms with van der Waals surface area (Å²) in [5.41, 5.74) is 2.93. The van der Waals surface area contributed by atoms with Crippen molar-refractivity contribution in [2.75, 3.05) is 7.11 Å². The number of benzene rings is 2. The summed E-state index contributed by atoms with van der Waals surface area (Å²) in [6, 6.07) is 12.4. The van der Waals surface area contributed by atoms with Crippen LogP contribution >= 0.6 is 0 Å². The van der Waals surface area contributed by atoms with Gasteiger partial charge in [-0.15, -0.1) is 0 Å². The molecule has 0 saturated carbocycles. The fraction of sp³-hybridized carbons (Fsp3) is 0.263. The molecule has 1 N–H and O–H groups in total. The molecule has 0 fully saturated rings. The zero-order valence-electron chi connectivity index (χ0n) is 13.8. The van der Waals surface area contributed by atoms with Crippen molar-refractivity contribution in [3.8, 4) is 5.75 Å². The first-order valence-electron chi connectivity index (χ1n) is 7.37. The van der Waals surface area contributed by atoms with Crippen LogP contribution in [0.4, 0.5) is 5.69 Å². The molecule has 0 radical (unpaired) electrons. The van der Waals surface area contributed by atoms with Gasteiger partial charge in [-0.3, -0.25) is 4.99 Å². The Morgan fingerprint density at radius 2 is 1.78 bits per heavy atom. The summed E-state index contributed by atoms with van der Waals surface area (Å²) in [5.74, 6) is -0.232. The summed E-state index contributed by atoms with van der Waals surface area (Å²) >= 11 is 0. The van der Waals surface area contributed by atoms with Crippen LogP contribution in [0.3, 0.4) is 0 Å². The molecule has 0 aromatic heterocycles. The first-order valence-corrected chi connectivity index (χ1v) is 7.37. The zero-order chi connectivity index (χ0) is 17.0. The van der Waals surface area contributed by atoms with Gasteiger partial charge in [0, 0.05) is 6.21 Å². The van der Waals surface area contributed by atoms with Gasteiger partial charge in [0.25, 0.3) is 0 Å². The van der Waals surface area contributed by atoms with E-state index in [0.29, 0.717) is 11.3 Å². The predicted molar refractivity (Wildman–Crippen MR) is 91.8 cm³/mol. The smallest absolute Gasteiger partial charge is 0.337 e. The van der Waals surface area contributed by atoms with Crippen LogP contribution in [0.1, 0.15) is 42.3 Å². The van der Waals surface area contributed by atoms with E-state index >= 15 is 0 Å². The Bertz CT molecular complexity index is 725. The third kappa shape index (κ3) is 4.19. The minimum Gasteiger partial charge on any atom is -0.506 e. The number of carbonyl (C=O) groups is 1. The number of aliphatic imine (C=N–C) groups is 1. The molecule has 0 heterocycles. The Morgan fingerprint density at radius 3 is 2.35 bits per heavy atom. The number of esters is 1. The number of nitrogens with zero attached hydrogens (tertiary/aromatic N) is 1. The topological polar surface area (TPSA) is 58.9 Å². The predicted octanol–water partition coefficient (Wildman–Crippen LogP) is 4.23. The minimum atomic E-state index is -0.371. The van der Waals surface area contributed by atoms with Crippen molar-refractivity contribution in [2.24, 2.45) is 4.99 Å². The number of aromatic hydroxyl groups is 1. The van der Waals surface area contributed by atoms with E-state index in [9.17, 15) is 9.90 Å². The summed E-state index contributed by atoms with van der Waals surface area (Å²) in [4.78, 5) is 15.7. The Morgan fingerprint density at radius 1 is 1.13 bits per heavy atom. The molecule has 2 aromatic carbocycles. The van der Waals surface area contributed by atoms with Crippen molar-refractivity contribution in [3.63, 3.8) is 0 Å². The van der Waals surface area contributed by atoms with Crippen LogP contribution in [-0.4, -0.2) is 24.4 Å². The van der Waals surface area contributed by atoms with Gasteiger partial charge in [0.05, 0.1) is 12.7 Å². The number of rotatable bonds is 3. The van der Waals surface area contributed by atoms with Crippen LogP contribution in [0.2, 0.25) is 0 Å². The Kier molecular flexibility index (Phi) is 4.84. The molecular formula is C19H21NO3. The first-order chi connectivity index (χ1) is 10.8. The van der Waals surface area contributed by atoms with Crippen LogP contribution in [-0.2, 0) is 10.2 Å². The van der Waals surface area contributed by atoms with E-state index in [-0.39, 0.29) is 17.1 Å². The fourth-order valence-corrected chi connectivity index (χ4v) is 2.06. The van der Waals surface area contributed by atoms with Crippen LogP contribution in [0, 0.1) is 0 Å². The highest BCUT2D eigenvalue weighted by Crippen LogP contribution is 2.32. The average Bonchev–Trinajstić information content (AvgIpc) is 2.52. The fourth-order valence-electron chi connectivity index (χ4n) is 2.06. The third-order valence-corrected chi connectivity index (χ3v) is 3.53. The molecule has 0 amide bonds. The normalized spacial score (nSPS) is 11.7. The third-order valence-electron chi connectivity index (χ3n) is 3.53. The van der Waals surface area contributed by atoms with Crippen LogP contribution in [0.15, 0.2) is 47.5 Å². The molecular weight excluding hydrogens is 290 g/mol. The lowest BCUT2D eigenvalue weighted by Gasteiger charge is -2.19. The minimum absolute atomic E-state index is 0.0138. The maximum atomic E-state index is 11.4. The number of phenolic OH excluding ortho intramolecular Hbond substituents is 1. The molecule has 0 saturated heterocycles. The van der Waals surface area contributed by atoms with Gasteiger partial charge in [0.1, 0.15) is 11.4 Å². The molecule has 2 aromatic rings. The summed E-state index contributed by atoms with van der Waals surface area (Å²) in [7, 11) is 1.35. The van der Waals surface area contributed by atoms with Gasteiger partial charge in [0.15, 0.2) is 0 Å². The van der Waals surface area contributed by atoms with E-state index < -0.39 is 0 Å². The van der Waals surface area contributed by atoms with Crippen molar-refractivity contribution in [3.05, 3.63) is 59.2 Å². The molecule has 0 bridgehead atoms. The zero-order valence-corrected chi connectivity index (χ0v) is 13.8. The highest BCUT2D eigenvalue weighted by atomic mass is 16.5. The number of carbonyl (C=O) groups excluding carboxylic acids is 1. The monoisotopic (exact) mass is 311 g/mol. The molecule has 4 heteroatoms. The highest BCUT2D eigenvalue weighted by molar-refractivity contribution is 5.91. The number of hydrogen-bond acceptors (Lipinski definition) is 4. The van der Waals surface area contributed by atoms with Gasteiger partial charge in [-0.1, -0.05) is 39.0 Å². The van der Waals surface area contributed by atoms with E-state index in [1.807, 2.05) is 12.1 Å². The van der Waals surface area contributed by atoms with Gasteiger partial charge in [-0.05, 0) is 40.8 Å². The van der Waals surface area contributed by atoms with Crippen molar-refractivity contribution in [1.29, 1.82) is 0 Å². The molecule has 0 spiro atoms. The largest absolute Gasteiger partial charge is 0.506 e. The molecule has 2 rings (SSSR count). The lowest BCUT2D eigenvalue weighted by molar-refractivity contribution is 0.0600. The van der Waals surface area contributed by atoms with E-state index in [1.54, 1.807) is 36.5 Å². The second-order valence-corrected chi connectivity index (χ2v) is 6.33. The molecule has 23 heavy (non-hydrogen) atoms. The van der Waals surface area contributed by atoms with E-state index in [2.05, 4.69) is 30.5 Å². The van der Waals surface area contributed by atoms with Crippen molar-refractivity contribution >= 4 is 17.9 Å². The lowest BCUT2D eigenvalue weighted by Crippen LogP contribution is -2.10. The molecule has 0 aliphatic carbocycles. The van der Waals surface area contributed by atoms with Crippen LogP contribution in [0.5, 0.6) is 5.75 Å². The number of phenols is 1. The van der Waals surface area contributed by atoms with Crippen molar-refractivity contribution in [2.45, 2.75) is 26.2 Å².